The number of ether oxygens (including phenoxy) is 1. The van der Waals surface area contributed by atoms with E-state index in [0.717, 1.165) is 5.69 Å². The molecule has 2 aromatic rings. The molecule has 0 bridgehead atoms. The van der Waals surface area contributed by atoms with Crippen molar-refractivity contribution >= 4 is 17.6 Å². The molecular weight excluding hydrogens is 240 g/mol. The van der Waals surface area contributed by atoms with Gasteiger partial charge in [0, 0.05) is 25.1 Å². The van der Waals surface area contributed by atoms with Gasteiger partial charge in [-0.3, -0.25) is 4.98 Å². The number of pyridine rings is 1. The fourth-order valence-electron chi connectivity index (χ4n) is 1.74. The van der Waals surface area contributed by atoms with E-state index in [1.165, 1.54) is 0 Å². The van der Waals surface area contributed by atoms with Crippen molar-refractivity contribution in [3.05, 3.63) is 54.1 Å². The Kier molecular flexibility index (Phi) is 4.13. The number of carbonyl (C=O) groups excluding carboxylic acids is 1. The van der Waals surface area contributed by atoms with Gasteiger partial charge in [0.25, 0.3) is 0 Å². The zero-order chi connectivity index (χ0) is 13.7. The molecule has 2 heterocycles. The summed E-state index contributed by atoms with van der Waals surface area (Å²) in [5.41, 5.74) is 2.00. The molecule has 0 aromatic carbocycles. The molecule has 19 heavy (non-hydrogen) atoms. The maximum atomic E-state index is 12.0. The Morgan fingerprint density at radius 2 is 2.21 bits per heavy atom. The topological polar surface area (TPSA) is 44.1 Å². The number of nitrogens with zero attached hydrogens (tertiary/aromatic N) is 2. The summed E-state index contributed by atoms with van der Waals surface area (Å²) < 4.78 is 7.02. The summed E-state index contributed by atoms with van der Waals surface area (Å²) in [7, 11) is 1.92. The molecule has 2 aromatic heterocycles. The molecule has 0 spiro atoms. The zero-order valence-corrected chi connectivity index (χ0v) is 11.0. The van der Waals surface area contributed by atoms with Crippen LogP contribution in [0, 0.1) is 0 Å². The normalized spacial score (nSPS) is 11.4. The molecular formula is C15H16N2O2. The summed E-state index contributed by atoms with van der Waals surface area (Å²) >= 11 is 0. The first-order valence-corrected chi connectivity index (χ1v) is 6.14. The number of hydrogen-bond donors (Lipinski definition) is 0. The van der Waals surface area contributed by atoms with E-state index in [9.17, 15) is 4.79 Å². The Morgan fingerprint density at radius 1 is 1.37 bits per heavy atom. The molecule has 2 rings (SSSR count). The lowest BCUT2D eigenvalue weighted by Gasteiger charge is -2.07. The summed E-state index contributed by atoms with van der Waals surface area (Å²) in [5.74, 6) is -0.359. The van der Waals surface area contributed by atoms with Crippen LogP contribution in [0.4, 0.5) is 0 Å². The summed E-state index contributed by atoms with van der Waals surface area (Å²) in [6.45, 7) is 2.13. The minimum Gasteiger partial charge on any atom is -0.462 e. The van der Waals surface area contributed by atoms with Gasteiger partial charge in [0.2, 0.25) is 0 Å². The quantitative estimate of drug-likeness (QED) is 0.623. The standard InChI is InChI=1S/C15H16N2O2/c1-3-19-15(18)13(14-8-4-5-9-16-14)11-12-7-6-10-17(12)2/h4-11H,3H2,1-2H3/b13-11-. The molecule has 0 aliphatic heterocycles. The van der Waals surface area contributed by atoms with Gasteiger partial charge in [0.1, 0.15) is 0 Å². The zero-order valence-electron chi connectivity index (χ0n) is 11.0. The Morgan fingerprint density at radius 3 is 2.79 bits per heavy atom. The van der Waals surface area contributed by atoms with Crippen molar-refractivity contribution in [2.24, 2.45) is 7.05 Å². The van der Waals surface area contributed by atoms with Crippen molar-refractivity contribution in [1.82, 2.24) is 9.55 Å². The molecule has 0 radical (unpaired) electrons. The minimum atomic E-state index is -0.359. The van der Waals surface area contributed by atoms with Gasteiger partial charge in [-0.15, -0.1) is 0 Å². The van der Waals surface area contributed by atoms with Gasteiger partial charge < -0.3 is 9.30 Å². The summed E-state index contributed by atoms with van der Waals surface area (Å²) in [5, 5.41) is 0. The minimum absolute atomic E-state index is 0.343. The first-order valence-electron chi connectivity index (χ1n) is 6.14. The molecule has 0 saturated heterocycles. The highest BCUT2D eigenvalue weighted by atomic mass is 16.5. The molecule has 0 atom stereocenters. The molecule has 4 nitrogen and oxygen atoms in total. The van der Waals surface area contributed by atoms with E-state index in [1.807, 2.05) is 42.1 Å². The smallest absolute Gasteiger partial charge is 0.340 e. The van der Waals surface area contributed by atoms with Crippen LogP contribution in [0.15, 0.2) is 42.7 Å². The fraction of sp³-hybridized carbons (Fsp3) is 0.200. The van der Waals surface area contributed by atoms with E-state index in [1.54, 1.807) is 25.3 Å². The monoisotopic (exact) mass is 256 g/mol. The van der Waals surface area contributed by atoms with Gasteiger partial charge in [0.05, 0.1) is 17.9 Å². The van der Waals surface area contributed by atoms with Crippen molar-refractivity contribution in [3.63, 3.8) is 0 Å². The summed E-state index contributed by atoms with van der Waals surface area (Å²) in [6, 6.07) is 9.32. The molecule has 0 N–H and O–H groups in total. The molecule has 4 heteroatoms. The maximum absolute atomic E-state index is 12.0. The Bertz CT molecular complexity index is 585. The number of aryl methyl sites for hydroxylation is 1. The number of carbonyl (C=O) groups is 1. The van der Waals surface area contributed by atoms with Crippen molar-refractivity contribution in [2.75, 3.05) is 6.61 Å². The first-order chi connectivity index (χ1) is 9.22. The number of aromatic nitrogens is 2. The van der Waals surface area contributed by atoms with Gasteiger partial charge in [-0.2, -0.15) is 0 Å². The van der Waals surface area contributed by atoms with E-state index in [2.05, 4.69) is 4.98 Å². The number of rotatable bonds is 4. The van der Waals surface area contributed by atoms with Gasteiger partial charge in [-0.25, -0.2) is 4.79 Å². The Labute approximate surface area is 112 Å². The molecule has 0 amide bonds. The van der Waals surface area contributed by atoms with Gasteiger partial charge in [0.15, 0.2) is 0 Å². The molecule has 0 aliphatic carbocycles. The van der Waals surface area contributed by atoms with Crippen LogP contribution in [-0.4, -0.2) is 22.1 Å². The SMILES string of the molecule is CCOC(=O)/C(=C\c1cccn1C)c1ccccn1. The van der Waals surface area contributed by atoms with Crippen LogP contribution in [0.2, 0.25) is 0 Å². The average molecular weight is 256 g/mol. The van der Waals surface area contributed by atoms with E-state index < -0.39 is 0 Å². The fourth-order valence-corrected chi connectivity index (χ4v) is 1.74. The second-order valence-electron chi connectivity index (χ2n) is 4.04. The average Bonchev–Trinajstić information content (AvgIpc) is 2.82. The van der Waals surface area contributed by atoms with Crippen molar-refractivity contribution in [3.8, 4) is 0 Å². The highest BCUT2D eigenvalue weighted by Crippen LogP contribution is 2.18. The van der Waals surface area contributed by atoms with Crippen LogP contribution in [-0.2, 0) is 16.6 Å². The third-order valence-electron chi connectivity index (χ3n) is 2.71. The summed E-state index contributed by atoms with van der Waals surface area (Å²) in [6.07, 6.45) is 5.38. The highest BCUT2D eigenvalue weighted by molar-refractivity contribution is 6.20. The van der Waals surface area contributed by atoms with Crippen molar-refractivity contribution < 1.29 is 9.53 Å². The predicted octanol–water partition coefficient (Wildman–Crippen LogP) is 2.52. The molecule has 98 valence electrons. The van der Waals surface area contributed by atoms with Crippen LogP contribution in [0.25, 0.3) is 11.6 Å². The summed E-state index contributed by atoms with van der Waals surface area (Å²) in [4.78, 5) is 16.3. The van der Waals surface area contributed by atoms with Gasteiger partial charge in [-0.05, 0) is 37.3 Å². The Balaban J connectivity index is 2.43. The lowest BCUT2D eigenvalue weighted by Crippen LogP contribution is -2.08. The third-order valence-corrected chi connectivity index (χ3v) is 2.71. The highest BCUT2D eigenvalue weighted by Gasteiger charge is 2.14. The molecule has 0 aliphatic rings. The first kappa shape index (κ1) is 13.1. The lowest BCUT2D eigenvalue weighted by atomic mass is 10.1. The third kappa shape index (κ3) is 3.10. The number of esters is 1. The van der Waals surface area contributed by atoms with Crippen molar-refractivity contribution in [2.45, 2.75) is 6.92 Å². The van der Waals surface area contributed by atoms with Crippen LogP contribution in [0.3, 0.4) is 0 Å². The van der Waals surface area contributed by atoms with Gasteiger partial charge >= 0.3 is 5.97 Å². The predicted molar refractivity (Wildman–Crippen MR) is 74.2 cm³/mol. The van der Waals surface area contributed by atoms with Gasteiger partial charge in [-0.1, -0.05) is 6.07 Å². The number of hydrogen-bond acceptors (Lipinski definition) is 3. The van der Waals surface area contributed by atoms with E-state index in [-0.39, 0.29) is 5.97 Å². The molecule has 0 saturated carbocycles. The second kappa shape index (κ2) is 6.00. The molecule has 0 fully saturated rings. The maximum Gasteiger partial charge on any atom is 0.340 e. The van der Waals surface area contributed by atoms with Crippen molar-refractivity contribution in [1.29, 1.82) is 0 Å². The van der Waals surface area contributed by atoms with Crippen LogP contribution >= 0.6 is 0 Å². The second-order valence-corrected chi connectivity index (χ2v) is 4.04. The van der Waals surface area contributed by atoms with Crippen LogP contribution in [0.5, 0.6) is 0 Å². The largest absolute Gasteiger partial charge is 0.462 e. The molecule has 0 unspecified atom stereocenters. The Hall–Kier alpha value is -2.36. The lowest BCUT2D eigenvalue weighted by molar-refractivity contribution is -0.136. The van der Waals surface area contributed by atoms with E-state index in [4.69, 9.17) is 4.74 Å². The van der Waals surface area contributed by atoms with E-state index >= 15 is 0 Å². The van der Waals surface area contributed by atoms with Crippen LogP contribution in [0.1, 0.15) is 18.3 Å². The van der Waals surface area contributed by atoms with E-state index in [0.29, 0.717) is 17.9 Å². The van der Waals surface area contributed by atoms with Crippen LogP contribution < -0.4 is 0 Å².